The fraction of sp³-hybridized carbons (Fsp3) is 0.375. The minimum absolute atomic E-state index is 0.0251. The second-order valence-electron chi connectivity index (χ2n) is 8.50. The summed E-state index contributed by atoms with van der Waals surface area (Å²) in [5.74, 6) is -1.48. The maximum atomic E-state index is 13.6. The van der Waals surface area contributed by atoms with Gasteiger partial charge in [0.05, 0.1) is 30.2 Å². The van der Waals surface area contributed by atoms with Crippen molar-refractivity contribution in [2.24, 2.45) is 0 Å². The van der Waals surface area contributed by atoms with E-state index >= 15 is 0 Å². The van der Waals surface area contributed by atoms with Gasteiger partial charge in [0.2, 0.25) is 5.91 Å². The summed E-state index contributed by atoms with van der Waals surface area (Å²) in [6, 6.07) is 9.74. The number of rotatable bonds is 7. The van der Waals surface area contributed by atoms with Gasteiger partial charge in [0, 0.05) is 37.8 Å². The molecule has 4 rings (SSSR count). The molecule has 0 saturated carbocycles. The van der Waals surface area contributed by atoms with Gasteiger partial charge in [-0.25, -0.2) is 4.90 Å². The third kappa shape index (κ3) is 5.34. The van der Waals surface area contributed by atoms with Gasteiger partial charge in [-0.05, 0) is 31.2 Å². The van der Waals surface area contributed by atoms with Gasteiger partial charge in [-0.3, -0.25) is 29.4 Å². The summed E-state index contributed by atoms with van der Waals surface area (Å²) in [6.45, 7) is 5.03. The minimum atomic E-state index is -1.02. The van der Waals surface area contributed by atoms with Gasteiger partial charge in [0.25, 0.3) is 17.5 Å². The van der Waals surface area contributed by atoms with E-state index in [9.17, 15) is 24.5 Å². The Hall–Kier alpha value is -3.34. The third-order valence-electron chi connectivity index (χ3n) is 6.20. The van der Waals surface area contributed by atoms with Crippen molar-refractivity contribution >= 4 is 40.7 Å². The van der Waals surface area contributed by atoms with Crippen LogP contribution >= 0.6 is 11.6 Å². The summed E-state index contributed by atoms with van der Waals surface area (Å²) >= 11 is 5.92. The predicted molar refractivity (Wildman–Crippen MR) is 128 cm³/mol. The molecule has 2 aliphatic heterocycles. The molecule has 0 aliphatic carbocycles. The molecule has 0 radical (unpaired) electrons. The largest absolute Gasteiger partial charge is 0.379 e. The topological polar surface area (TPSA) is 113 Å². The molecule has 2 fully saturated rings. The number of morpholine rings is 1. The van der Waals surface area contributed by atoms with Gasteiger partial charge in [-0.1, -0.05) is 29.3 Å². The summed E-state index contributed by atoms with van der Waals surface area (Å²) < 4.78 is 5.37. The number of nitrogens with zero attached hydrogens (tertiary/aromatic N) is 4. The summed E-state index contributed by atoms with van der Waals surface area (Å²) in [5.41, 5.74) is 1.05. The summed E-state index contributed by atoms with van der Waals surface area (Å²) in [7, 11) is 0. The van der Waals surface area contributed by atoms with Crippen molar-refractivity contribution in [1.29, 1.82) is 0 Å². The number of halogens is 1. The minimum Gasteiger partial charge on any atom is -0.379 e. The molecule has 0 bridgehead atoms. The van der Waals surface area contributed by atoms with Crippen LogP contribution in [0.5, 0.6) is 0 Å². The Morgan fingerprint density at radius 3 is 2.51 bits per heavy atom. The SMILES string of the molecule is Cc1ccc(N2C(=O)CC(N(CCN3CCOCC3)C(=O)c3ccc(Cl)c([N+](=O)[O-])c3)C2=O)cc1. The third-order valence-corrected chi connectivity index (χ3v) is 6.52. The number of nitro groups is 1. The quantitative estimate of drug-likeness (QED) is 0.326. The highest BCUT2D eigenvalue weighted by Crippen LogP contribution is 2.29. The number of amides is 3. The van der Waals surface area contributed by atoms with E-state index in [1.807, 2.05) is 6.92 Å². The first-order valence-corrected chi connectivity index (χ1v) is 11.6. The van der Waals surface area contributed by atoms with Crippen LogP contribution in [0.3, 0.4) is 0 Å². The van der Waals surface area contributed by atoms with E-state index in [4.69, 9.17) is 16.3 Å². The van der Waals surface area contributed by atoms with Gasteiger partial charge in [0.15, 0.2) is 0 Å². The first-order valence-electron chi connectivity index (χ1n) is 11.2. The molecule has 2 aromatic carbocycles. The Morgan fingerprint density at radius 2 is 1.86 bits per heavy atom. The highest BCUT2D eigenvalue weighted by molar-refractivity contribution is 6.32. The molecule has 0 N–H and O–H groups in total. The molecule has 184 valence electrons. The zero-order chi connectivity index (χ0) is 25.1. The molecule has 2 aliphatic rings. The molecule has 0 spiro atoms. The fourth-order valence-electron chi connectivity index (χ4n) is 4.25. The number of carbonyl (C=O) groups excluding carboxylic acids is 3. The molecule has 1 atom stereocenters. The number of hydrogen-bond acceptors (Lipinski definition) is 7. The van der Waals surface area contributed by atoms with Crippen molar-refractivity contribution in [3.63, 3.8) is 0 Å². The normalized spacial score (nSPS) is 18.7. The summed E-state index contributed by atoms with van der Waals surface area (Å²) in [4.78, 5) is 55.1. The van der Waals surface area contributed by atoms with Crippen LogP contribution in [0.15, 0.2) is 42.5 Å². The smallest absolute Gasteiger partial charge is 0.288 e. The van der Waals surface area contributed by atoms with Crippen LogP contribution in [0.2, 0.25) is 5.02 Å². The zero-order valence-corrected chi connectivity index (χ0v) is 19.9. The lowest BCUT2D eigenvalue weighted by Crippen LogP contribution is -2.49. The van der Waals surface area contributed by atoms with Crippen LogP contribution in [-0.4, -0.2) is 77.9 Å². The number of anilines is 1. The average Bonchev–Trinajstić information content (AvgIpc) is 3.14. The van der Waals surface area contributed by atoms with E-state index < -0.39 is 34.4 Å². The standard InChI is InChI=1S/C24H25ClN4O6/c1-16-2-5-18(6-3-16)28-22(30)15-21(24(28)32)27(9-8-26-10-12-35-13-11-26)23(31)17-4-7-19(25)20(14-17)29(33)34/h2-7,14,21H,8-13,15H2,1H3. The monoisotopic (exact) mass is 500 g/mol. The second kappa shape index (κ2) is 10.5. The van der Waals surface area contributed by atoms with Crippen LogP contribution in [-0.2, 0) is 14.3 Å². The molecule has 1 unspecified atom stereocenters. The second-order valence-corrected chi connectivity index (χ2v) is 8.91. The zero-order valence-electron chi connectivity index (χ0n) is 19.2. The van der Waals surface area contributed by atoms with Crippen LogP contribution < -0.4 is 4.90 Å². The van der Waals surface area contributed by atoms with E-state index in [0.29, 0.717) is 38.5 Å². The molecular weight excluding hydrogens is 476 g/mol. The highest BCUT2D eigenvalue weighted by atomic mass is 35.5. The Morgan fingerprint density at radius 1 is 1.17 bits per heavy atom. The van der Waals surface area contributed by atoms with Crippen molar-refractivity contribution in [2.75, 3.05) is 44.3 Å². The number of hydrogen-bond donors (Lipinski definition) is 0. The Balaban J connectivity index is 1.63. The van der Waals surface area contributed by atoms with E-state index in [1.54, 1.807) is 24.3 Å². The highest BCUT2D eigenvalue weighted by Gasteiger charge is 2.44. The van der Waals surface area contributed by atoms with Gasteiger partial charge in [0.1, 0.15) is 11.1 Å². The maximum absolute atomic E-state index is 13.6. The molecule has 10 nitrogen and oxygen atoms in total. The average molecular weight is 501 g/mol. The molecular formula is C24H25ClN4O6. The summed E-state index contributed by atoms with van der Waals surface area (Å²) in [5, 5.41) is 11.3. The Labute approximate surface area is 207 Å². The van der Waals surface area contributed by atoms with Crippen molar-refractivity contribution in [3.05, 3.63) is 68.7 Å². The number of aryl methyl sites for hydroxylation is 1. The van der Waals surface area contributed by atoms with E-state index in [0.717, 1.165) is 16.5 Å². The lowest BCUT2D eigenvalue weighted by molar-refractivity contribution is -0.384. The van der Waals surface area contributed by atoms with E-state index in [1.165, 1.54) is 17.0 Å². The van der Waals surface area contributed by atoms with Crippen molar-refractivity contribution < 1.29 is 24.0 Å². The van der Waals surface area contributed by atoms with Crippen LogP contribution in [0.1, 0.15) is 22.3 Å². The van der Waals surface area contributed by atoms with Crippen molar-refractivity contribution in [2.45, 2.75) is 19.4 Å². The van der Waals surface area contributed by atoms with Crippen molar-refractivity contribution in [3.8, 4) is 0 Å². The first kappa shape index (κ1) is 24.8. The lowest BCUT2D eigenvalue weighted by atomic mass is 10.1. The van der Waals surface area contributed by atoms with Crippen molar-refractivity contribution in [1.82, 2.24) is 9.80 Å². The van der Waals surface area contributed by atoms with Crippen LogP contribution in [0.4, 0.5) is 11.4 Å². The Kier molecular flexibility index (Phi) is 7.44. The number of nitro benzene ring substituents is 1. The van der Waals surface area contributed by atoms with E-state index in [2.05, 4.69) is 4.90 Å². The van der Waals surface area contributed by atoms with Gasteiger partial charge < -0.3 is 9.64 Å². The van der Waals surface area contributed by atoms with Gasteiger partial charge in [-0.15, -0.1) is 0 Å². The molecule has 3 amide bonds. The number of carbonyl (C=O) groups is 3. The van der Waals surface area contributed by atoms with Gasteiger partial charge >= 0.3 is 0 Å². The fourth-order valence-corrected chi connectivity index (χ4v) is 4.44. The summed E-state index contributed by atoms with van der Waals surface area (Å²) in [6.07, 6.45) is -0.169. The molecule has 35 heavy (non-hydrogen) atoms. The maximum Gasteiger partial charge on any atom is 0.288 e. The van der Waals surface area contributed by atoms with Gasteiger partial charge in [-0.2, -0.15) is 0 Å². The van der Waals surface area contributed by atoms with E-state index in [-0.39, 0.29) is 23.6 Å². The molecule has 0 aromatic heterocycles. The molecule has 2 heterocycles. The van der Waals surface area contributed by atoms with Crippen LogP contribution in [0.25, 0.3) is 0 Å². The molecule has 11 heteroatoms. The Bertz CT molecular complexity index is 1150. The molecule has 2 aromatic rings. The predicted octanol–water partition coefficient (Wildman–Crippen LogP) is 2.66. The number of imide groups is 1. The molecule has 2 saturated heterocycles. The lowest BCUT2D eigenvalue weighted by Gasteiger charge is -2.32. The van der Waals surface area contributed by atoms with Crippen LogP contribution in [0, 0.1) is 17.0 Å². The number of ether oxygens (including phenoxy) is 1. The number of benzene rings is 2. The first-order chi connectivity index (χ1) is 16.8.